The number of anilines is 2. The Bertz CT molecular complexity index is 1040. The highest BCUT2D eigenvalue weighted by molar-refractivity contribution is 6.08. The maximum absolute atomic E-state index is 12.9. The molecule has 3 aromatic rings. The number of aromatic nitrogens is 4. The van der Waals surface area contributed by atoms with Crippen LogP contribution in [0.15, 0.2) is 30.7 Å². The van der Waals surface area contributed by atoms with Gasteiger partial charge in [0.25, 0.3) is 5.91 Å². The molecular formula is C21H27N7O2. The van der Waals surface area contributed by atoms with Crippen LogP contribution in [0, 0.1) is 0 Å². The van der Waals surface area contributed by atoms with Crippen molar-refractivity contribution in [2.45, 2.75) is 32.9 Å². The Balaban J connectivity index is 1.53. The van der Waals surface area contributed by atoms with Gasteiger partial charge >= 0.3 is 0 Å². The van der Waals surface area contributed by atoms with Crippen LogP contribution in [0.3, 0.4) is 0 Å². The molecule has 4 rings (SSSR count). The molecule has 2 aromatic heterocycles. The summed E-state index contributed by atoms with van der Waals surface area (Å²) in [5.41, 5.74) is 1.22. The van der Waals surface area contributed by atoms with Crippen LogP contribution in [0.5, 0.6) is 5.75 Å². The second-order valence-corrected chi connectivity index (χ2v) is 7.73. The Morgan fingerprint density at radius 2 is 2.00 bits per heavy atom. The van der Waals surface area contributed by atoms with Crippen molar-refractivity contribution in [1.29, 1.82) is 0 Å². The van der Waals surface area contributed by atoms with E-state index in [2.05, 4.69) is 44.4 Å². The quantitative estimate of drug-likeness (QED) is 0.667. The minimum atomic E-state index is -0.296. The van der Waals surface area contributed by atoms with Gasteiger partial charge in [0.1, 0.15) is 11.6 Å². The fourth-order valence-corrected chi connectivity index (χ4v) is 3.87. The van der Waals surface area contributed by atoms with Crippen molar-refractivity contribution in [2.24, 2.45) is 7.05 Å². The molecule has 3 heterocycles. The number of carbonyl (C=O) groups is 1. The Hall–Kier alpha value is -3.20. The van der Waals surface area contributed by atoms with Crippen LogP contribution in [0.4, 0.5) is 11.6 Å². The molecule has 1 amide bonds. The van der Waals surface area contributed by atoms with E-state index in [1.54, 1.807) is 29.2 Å². The Labute approximate surface area is 175 Å². The third-order valence-corrected chi connectivity index (χ3v) is 5.03. The van der Waals surface area contributed by atoms with Crippen molar-refractivity contribution < 1.29 is 9.53 Å². The SMILES string of the molecule is CCOc1cc2nn(C)cc2cc1C(=O)Nc1cnc(N2C[C@@H](C)N[C@@H](C)C2)cn1. The van der Waals surface area contributed by atoms with E-state index in [1.807, 2.05) is 20.2 Å². The highest BCUT2D eigenvalue weighted by atomic mass is 16.5. The predicted molar refractivity (Wildman–Crippen MR) is 116 cm³/mol. The molecule has 158 valence electrons. The smallest absolute Gasteiger partial charge is 0.260 e. The Kier molecular flexibility index (Phi) is 5.54. The standard InChI is InChI=1S/C21H27N7O2/c1-5-30-18-7-17-15(12-27(4)26-17)6-16(18)21(29)25-19-8-23-20(9-22-19)28-10-13(2)24-14(3)11-28/h6-9,12-14,24H,5,10-11H2,1-4H3,(H,22,25,29)/t13-,14+. The number of aryl methyl sites for hydroxylation is 1. The molecule has 0 unspecified atom stereocenters. The normalized spacial score (nSPS) is 19.1. The first-order chi connectivity index (χ1) is 14.4. The molecule has 1 aliphatic heterocycles. The van der Waals surface area contributed by atoms with Gasteiger partial charge < -0.3 is 20.3 Å². The molecule has 2 N–H and O–H groups in total. The number of hydrogen-bond donors (Lipinski definition) is 2. The summed E-state index contributed by atoms with van der Waals surface area (Å²) in [6.07, 6.45) is 5.16. The lowest BCUT2D eigenvalue weighted by atomic mass is 10.1. The maximum atomic E-state index is 12.9. The van der Waals surface area contributed by atoms with Crippen molar-refractivity contribution in [3.63, 3.8) is 0 Å². The van der Waals surface area contributed by atoms with E-state index >= 15 is 0 Å². The van der Waals surface area contributed by atoms with Crippen LogP contribution in [0.2, 0.25) is 0 Å². The minimum Gasteiger partial charge on any atom is -0.493 e. The molecule has 1 saturated heterocycles. The zero-order valence-electron chi connectivity index (χ0n) is 17.7. The van der Waals surface area contributed by atoms with Gasteiger partial charge in [0.2, 0.25) is 0 Å². The topological polar surface area (TPSA) is 97.2 Å². The minimum absolute atomic E-state index is 0.296. The van der Waals surface area contributed by atoms with Crippen molar-refractivity contribution in [3.8, 4) is 5.75 Å². The fourth-order valence-electron chi connectivity index (χ4n) is 3.87. The average molecular weight is 409 g/mol. The van der Waals surface area contributed by atoms with E-state index < -0.39 is 0 Å². The number of ether oxygens (including phenoxy) is 1. The number of nitrogens with zero attached hydrogens (tertiary/aromatic N) is 5. The average Bonchev–Trinajstić information content (AvgIpc) is 3.06. The van der Waals surface area contributed by atoms with Crippen molar-refractivity contribution in [2.75, 3.05) is 29.9 Å². The number of piperazine rings is 1. The first-order valence-electron chi connectivity index (χ1n) is 10.2. The van der Waals surface area contributed by atoms with E-state index in [4.69, 9.17) is 4.74 Å². The highest BCUT2D eigenvalue weighted by Crippen LogP contribution is 2.26. The molecule has 0 saturated carbocycles. The number of nitrogens with one attached hydrogen (secondary N) is 2. The van der Waals surface area contributed by atoms with E-state index in [1.165, 1.54) is 0 Å². The summed E-state index contributed by atoms with van der Waals surface area (Å²) in [6.45, 7) is 8.38. The maximum Gasteiger partial charge on any atom is 0.260 e. The van der Waals surface area contributed by atoms with E-state index in [9.17, 15) is 4.79 Å². The zero-order chi connectivity index (χ0) is 21.3. The molecule has 0 aliphatic carbocycles. The van der Waals surface area contributed by atoms with Gasteiger partial charge in [-0.05, 0) is 26.8 Å². The summed E-state index contributed by atoms with van der Waals surface area (Å²) >= 11 is 0. The molecule has 0 spiro atoms. The number of amides is 1. The van der Waals surface area contributed by atoms with Crippen LogP contribution in [-0.2, 0) is 7.05 Å². The van der Waals surface area contributed by atoms with Crippen molar-refractivity contribution >= 4 is 28.4 Å². The van der Waals surface area contributed by atoms with Crippen molar-refractivity contribution in [1.82, 2.24) is 25.1 Å². The third kappa shape index (κ3) is 4.20. The zero-order valence-corrected chi connectivity index (χ0v) is 17.7. The van der Waals surface area contributed by atoms with Gasteiger partial charge in [-0.25, -0.2) is 9.97 Å². The molecular weight excluding hydrogens is 382 g/mol. The fraction of sp³-hybridized carbons (Fsp3) is 0.429. The van der Waals surface area contributed by atoms with E-state index in [-0.39, 0.29) is 5.91 Å². The van der Waals surface area contributed by atoms with Gasteiger partial charge in [-0.1, -0.05) is 0 Å². The predicted octanol–water partition coefficient (Wildman–Crippen LogP) is 2.20. The second-order valence-electron chi connectivity index (χ2n) is 7.73. The van der Waals surface area contributed by atoms with Gasteiger partial charge in [-0.15, -0.1) is 0 Å². The van der Waals surface area contributed by atoms with Gasteiger partial charge in [0.15, 0.2) is 5.82 Å². The molecule has 2 atom stereocenters. The Morgan fingerprint density at radius 1 is 1.23 bits per heavy atom. The molecule has 1 aromatic carbocycles. The van der Waals surface area contributed by atoms with E-state index in [0.29, 0.717) is 35.8 Å². The highest BCUT2D eigenvalue weighted by Gasteiger charge is 2.22. The van der Waals surface area contributed by atoms with Gasteiger partial charge in [0.05, 0.1) is 30.1 Å². The lowest BCUT2D eigenvalue weighted by Crippen LogP contribution is -2.54. The second kappa shape index (κ2) is 8.27. The first-order valence-corrected chi connectivity index (χ1v) is 10.2. The number of carbonyl (C=O) groups excluding carboxylic acids is 1. The summed E-state index contributed by atoms with van der Waals surface area (Å²) < 4.78 is 7.39. The molecule has 1 aliphatic rings. The van der Waals surface area contributed by atoms with Crippen LogP contribution in [-0.4, -0.2) is 57.4 Å². The molecule has 30 heavy (non-hydrogen) atoms. The number of hydrogen-bond acceptors (Lipinski definition) is 7. The molecule has 9 heteroatoms. The van der Waals surface area contributed by atoms with E-state index in [0.717, 1.165) is 29.8 Å². The lowest BCUT2D eigenvalue weighted by Gasteiger charge is -2.36. The lowest BCUT2D eigenvalue weighted by molar-refractivity contribution is 0.102. The largest absolute Gasteiger partial charge is 0.493 e. The summed E-state index contributed by atoms with van der Waals surface area (Å²) in [7, 11) is 1.84. The number of rotatable bonds is 5. The third-order valence-electron chi connectivity index (χ3n) is 5.03. The van der Waals surface area contributed by atoms with Gasteiger partial charge in [0, 0.05) is 49.9 Å². The summed E-state index contributed by atoms with van der Waals surface area (Å²) in [5.74, 6) is 1.40. The van der Waals surface area contributed by atoms with Gasteiger partial charge in [-0.2, -0.15) is 5.10 Å². The molecule has 0 radical (unpaired) electrons. The molecule has 0 bridgehead atoms. The van der Waals surface area contributed by atoms with Crippen molar-refractivity contribution in [3.05, 3.63) is 36.3 Å². The van der Waals surface area contributed by atoms with Crippen LogP contribution in [0.25, 0.3) is 10.9 Å². The monoisotopic (exact) mass is 409 g/mol. The summed E-state index contributed by atoms with van der Waals surface area (Å²) in [5, 5.41) is 11.6. The Morgan fingerprint density at radius 3 is 2.67 bits per heavy atom. The molecule has 1 fully saturated rings. The van der Waals surface area contributed by atoms with Crippen LogP contribution >= 0.6 is 0 Å². The van der Waals surface area contributed by atoms with Crippen LogP contribution < -0.4 is 20.3 Å². The summed E-state index contributed by atoms with van der Waals surface area (Å²) in [4.78, 5) is 24.0. The first kappa shape index (κ1) is 20.1. The summed E-state index contributed by atoms with van der Waals surface area (Å²) in [6, 6.07) is 4.34. The van der Waals surface area contributed by atoms with Gasteiger partial charge in [-0.3, -0.25) is 9.48 Å². The number of benzene rings is 1. The number of fused-ring (bicyclic) bond motifs is 1. The molecule has 9 nitrogen and oxygen atoms in total. The van der Waals surface area contributed by atoms with Crippen LogP contribution in [0.1, 0.15) is 31.1 Å².